The van der Waals surface area contributed by atoms with Crippen LogP contribution < -0.4 is 10.2 Å². The lowest BCUT2D eigenvalue weighted by atomic mass is 10.1. The van der Waals surface area contributed by atoms with Crippen LogP contribution >= 0.6 is 11.5 Å². The van der Waals surface area contributed by atoms with Gasteiger partial charge in [0.15, 0.2) is 11.7 Å². The van der Waals surface area contributed by atoms with E-state index >= 15 is 0 Å². The number of anilines is 1. The van der Waals surface area contributed by atoms with Gasteiger partial charge in [0.1, 0.15) is 11.5 Å². The first kappa shape index (κ1) is 21.2. The summed E-state index contributed by atoms with van der Waals surface area (Å²) in [6, 6.07) is 10.4. The molecule has 2 heterocycles. The summed E-state index contributed by atoms with van der Waals surface area (Å²) in [5, 5.41) is 8.70. The molecule has 0 radical (unpaired) electrons. The van der Waals surface area contributed by atoms with Crippen LogP contribution in [0.15, 0.2) is 46.2 Å². The van der Waals surface area contributed by atoms with Crippen molar-refractivity contribution in [3.63, 3.8) is 0 Å². The number of amides is 2. The largest absolute Gasteiger partial charge is 0.464 e. The molecule has 8 heteroatoms. The van der Waals surface area contributed by atoms with Crippen molar-refractivity contribution in [3.05, 3.63) is 64.6 Å². The van der Waals surface area contributed by atoms with Crippen molar-refractivity contribution in [2.45, 2.75) is 58.0 Å². The lowest BCUT2D eigenvalue weighted by Gasteiger charge is -2.30. The fourth-order valence-electron chi connectivity index (χ4n) is 4.02. The zero-order valence-electron chi connectivity index (χ0n) is 17.7. The Balaban J connectivity index is 1.79. The Morgan fingerprint density at radius 1 is 1.26 bits per heavy atom. The maximum atomic E-state index is 13.6. The second-order valence-corrected chi connectivity index (χ2v) is 8.44. The molecule has 1 aromatic carbocycles. The first-order valence-corrected chi connectivity index (χ1v) is 11.5. The van der Waals surface area contributed by atoms with Crippen LogP contribution in [0.3, 0.4) is 0 Å². The highest BCUT2D eigenvalue weighted by molar-refractivity contribution is 7.03. The third-order valence-corrected chi connectivity index (χ3v) is 6.14. The molecule has 3 aromatic rings. The summed E-state index contributed by atoms with van der Waals surface area (Å²) in [5.74, 6) is 0.465. The number of aryl methyl sites for hydroxylation is 2. The quantitative estimate of drug-likeness (QED) is 0.589. The highest BCUT2D eigenvalue weighted by Gasteiger charge is 2.37. The smallest absolute Gasteiger partial charge is 0.280 e. The molecular formula is C23H26N4O3S. The predicted octanol–water partition coefficient (Wildman–Crippen LogP) is 4.45. The average Bonchev–Trinajstić information content (AvgIpc) is 3.54. The number of carbonyl (C=O) groups is 2. The Morgan fingerprint density at radius 3 is 2.71 bits per heavy atom. The van der Waals surface area contributed by atoms with E-state index in [1.165, 1.54) is 4.90 Å². The van der Waals surface area contributed by atoms with Crippen LogP contribution in [0, 0.1) is 6.92 Å². The van der Waals surface area contributed by atoms with E-state index in [2.05, 4.69) is 21.8 Å². The van der Waals surface area contributed by atoms with Gasteiger partial charge in [-0.1, -0.05) is 36.4 Å². The summed E-state index contributed by atoms with van der Waals surface area (Å²) in [6.45, 7) is 3.87. The summed E-state index contributed by atoms with van der Waals surface area (Å²) >= 11 is 1.10. The number of benzene rings is 1. The normalized spacial score (nSPS) is 15.0. The number of aromatic nitrogens is 2. The summed E-state index contributed by atoms with van der Waals surface area (Å²) in [4.78, 5) is 28.6. The zero-order chi connectivity index (χ0) is 21.8. The van der Waals surface area contributed by atoms with Crippen LogP contribution in [0.5, 0.6) is 0 Å². The first-order chi connectivity index (χ1) is 15.1. The van der Waals surface area contributed by atoms with Crippen molar-refractivity contribution in [2.24, 2.45) is 0 Å². The van der Waals surface area contributed by atoms with Crippen LogP contribution in [0.4, 0.5) is 5.69 Å². The lowest BCUT2D eigenvalue weighted by Crippen LogP contribution is -2.46. The molecule has 7 nitrogen and oxygen atoms in total. The van der Waals surface area contributed by atoms with Crippen LogP contribution in [0.1, 0.15) is 66.2 Å². The minimum absolute atomic E-state index is 0.117. The minimum Gasteiger partial charge on any atom is -0.464 e. The Hall–Kier alpha value is -3.00. The van der Waals surface area contributed by atoms with Gasteiger partial charge in [0.25, 0.3) is 11.8 Å². The Kier molecular flexibility index (Phi) is 6.46. The summed E-state index contributed by atoms with van der Waals surface area (Å²) in [7, 11) is 0. The van der Waals surface area contributed by atoms with E-state index in [0.29, 0.717) is 17.2 Å². The van der Waals surface area contributed by atoms with Gasteiger partial charge in [-0.15, -0.1) is 5.10 Å². The van der Waals surface area contributed by atoms with E-state index in [1.54, 1.807) is 17.5 Å². The van der Waals surface area contributed by atoms with Crippen LogP contribution in [0.25, 0.3) is 0 Å². The second kappa shape index (κ2) is 9.43. The Morgan fingerprint density at radius 2 is 2.06 bits per heavy atom. The molecule has 0 aliphatic heterocycles. The molecule has 162 valence electrons. The molecule has 1 fully saturated rings. The number of carbonyl (C=O) groups excluding carboxylic acids is 2. The maximum absolute atomic E-state index is 13.6. The molecular weight excluding hydrogens is 412 g/mol. The standard InChI is InChI=1S/C23H26N4O3S/c1-3-16-7-6-10-18(13-16)27(23(29)19-14-31-26-25-19)21(20-12-11-15(2)30-20)22(28)24-17-8-4-5-9-17/h6-7,10-14,17,21H,3-5,8-9H2,1-2H3,(H,24,28)/t21-/m1/s1. The van der Waals surface area contributed by atoms with E-state index in [9.17, 15) is 9.59 Å². The van der Waals surface area contributed by atoms with E-state index in [1.807, 2.05) is 31.2 Å². The molecule has 4 rings (SSSR count). The molecule has 2 amide bonds. The average molecular weight is 439 g/mol. The number of rotatable bonds is 7. The highest BCUT2D eigenvalue weighted by atomic mass is 32.1. The van der Waals surface area contributed by atoms with E-state index in [4.69, 9.17) is 4.42 Å². The van der Waals surface area contributed by atoms with Crippen LogP contribution in [0.2, 0.25) is 0 Å². The minimum atomic E-state index is -0.949. The maximum Gasteiger partial charge on any atom is 0.280 e. The van der Waals surface area contributed by atoms with Crippen LogP contribution in [-0.4, -0.2) is 27.4 Å². The summed E-state index contributed by atoms with van der Waals surface area (Å²) in [5.41, 5.74) is 1.89. The molecule has 0 saturated heterocycles. The van der Waals surface area contributed by atoms with Gasteiger partial charge in [-0.05, 0) is 67.5 Å². The van der Waals surface area contributed by atoms with E-state index in [-0.39, 0.29) is 23.6 Å². The van der Waals surface area contributed by atoms with Crippen molar-refractivity contribution in [1.29, 1.82) is 0 Å². The van der Waals surface area contributed by atoms with Crippen molar-refractivity contribution < 1.29 is 14.0 Å². The van der Waals surface area contributed by atoms with Gasteiger partial charge in [-0.3, -0.25) is 14.5 Å². The van der Waals surface area contributed by atoms with Crippen molar-refractivity contribution >= 4 is 29.0 Å². The van der Waals surface area contributed by atoms with Crippen molar-refractivity contribution in [1.82, 2.24) is 14.9 Å². The molecule has 1 N–H and O–H groups in total. The van der Waals surface area contributed by atoms with Crippen LogP contribution in [-0.2, 0) is 11.2 Å². The third-order valence-electron chi connectivity index (χ3n) is 5.63. The number of hydrogen-bond donors (Lipinski definition) is 1. The van der Waals surface area contributed by atoms with E-state index in [0.717, 1.165) is 49.2 Å². The fourth-order valence-corrected chi connectivity index (χ4v) is 4.45. The molecule has 1 aliphatic carbocycles. The Bertz CT molecular complexity index is 1040. The lowest BCUT2D eigenvalue weighted by molar-refractivity contribution is -0.123. The highest BCUT2D eigenvalue weighted by Crippen LogP contribution is 2.32. The molecule has 0 bridgehead atoms. The van der Waals surface area contributed by atoms with E-state index < -0.39 is 6.04 Å². The SMILES string of the molecule is CCc1cccc(N(C(=O)c2csnn2)[C@@H](C(=O)NC2CCCC2)c2ccc(C)o2)c1. The number of nitrogens with zero attached hydrogens (tertiary/aromatic N) is 3. The molecule has 2 aromatic heterocycles. The topological polar surface area (TPSA) is 88.3 Å². The summed E-state index contributed by atoms with van der Waals surface area (Å²) in [6.07, 6.45) is 4.91. The van der Waals surface area contributed by atoms with Gasteiger partial charge >= 0.3 is 0 Å². The number of nitrogens with one attached hydrogen (secondary N) is 1. The van der Waals surface area contributed by atoms with Gasteiger partial charge in [-0.25, -0.2) is 0 Å². The molecule has 1 atom stereocenters. The zero-order valence-corrected chi connectivity index (χ0v) is 18.5. The second-order valence-electron chi connectivity index (χ2n) is 7.83. The summed E-state index contributed by atoms with van der Waals surface area (Å²) < 4.78 is 9.71. The van der Waals surface area contributed by atoms with Gasteiger partial charge in [0.05, 0.1) is 0 Å². The molecule has 31 heavy (non-hydrogen) atoms. The van der Waals surface area contributed by atoms with Gasteiger partial charge < -0.3 is 9.73 Å². The third kappa shape index (κ3) is 4.69. The van der Waals surface area contributed by atoms with Crippen molar-refractivity contribution in [3.8, 4) is 0 Å². The predicted molar refractivity (Wildman–Crippen MR) is 119 cm³/mol. The van der Waals surface area contributed by atoms with Gasteiger partial charge in [0, 0.05) is 17.1 Å². The molecule has 0 spiro atoms. The van der Waals surface area contributed by atoms with Gasteiger partial charge in [-0.2, -0.15) is 0 Å². The fraction of sp³-hybridized carbons (Fsp3) is 0.391. The first-order valence-electron chi connectivity index (χ1n) is 10.6. The monoisotopic (exact) mass is 438 g/mol. The van der Waals surface area contributed by atoms with Crippen molar-refractivity contribution in [2.75, 3.05) is 4.90 Å². The molecule has 0 unspecified atom stereocenters. The number of hydrogen-bond acceptors (Lipinski definition) is 6. The molecule has 1 saturated carbocycles. The molecule has 1 aliphatic rings. The van der Waals surface area contributed by atoms with Gasteiger partial charge in [0.2, 0.25) is 0 Å². The Labute approximate surface area is 185 Å². The number of furan rings is 1.